The molecule has 6 nitrogen and oxygen atoms in total. The highest BCUT2D eigenvalue weighted by atomic mass is 35.5. The number of amides is 2. The quantitative estimate of drug-likeness (QED) is 0.267. The van der Waals surface area contributed by atoms with Gasteiger partial charge >= 0.3 is 6.09 Å². The lowest BCUT2D eigenvalue weighted by molar-refractivity contribution is 0.0199. The number of piperidine rings is 1. The predicted molar refractivity (Wildman–Crippen MR) is 161 cm³/mol. The minimum atomic E-state index is -0.547. The number of benzene rings is 3. The molecular weight excluding hydrogens is 541 g/mol. The number of nitrogens with one attached hydrogen (secondary N) is 1. The summed E-state index contributed by atoms with van der Waals surface area (Å²) in [4.78, 5) is 27.8. The molecule has 5 rings (SSSR count). The largest absolute Gasteiger partial charge is 0.444 e. The molecule has 2 heterocycles. The van der Waals surface area contributed by atoms with E-state index in [1.807, 2.05) is 79.9 Å². The van der Waals surface area contributed by atoms with Crippen molar-refractivity contribution >= 4 is 34.5 Å². The zero-order valence-corrected chi connectivity index (χ0v) is 24.6. The molecule has 1 fully saturated rings. The summed E-state index contributed by atoms with van der Waals surface area (Å²) in [5.74, 6) is -0.398. The third kappa shape index (κ3) is 6.73. The molecule has 214 valence electrons. The topological polar surface area (TPSA) is 63.6 Å². The molecule has 1 saturated heterocycles. The Labute approximate surface area is 245 Å². The highest BCUT2D eigenvalue weighted by Gasteiger charge is 2.28. The molecule has 1 aromatic heterocycles. The highest BCUT2D eigenvalue weighted by Crippen LogP contribution is 2.29. The van der Waals surface area contributed by atoms with Gasteiger partial charge in [0, 0.05) is 41.6 Å². The van der Waals surface area contributed by atoms with Gasteiger partial charge in [-0.2, -0.15) is 0 Å². The van der Waals surface area contributed by atoms with Crippen molar-refractivity contribution in [1.29, 1.82) is 0 Å². The number of fused-ring (bicyclic) bond motifs is 1. The van der Waals surface area contributed by atoms with Crippen molar-refractivity contribution in [1.82, 2.24) is 14.8 Å². The molecule has 1 N–H and O–H groups in total. The first-order valence-electron chi connectivity index (χ1n) is 13.9. The van der Waals surface area contributed by atoms with Crippen molar-refractivity contribution in [3.63, 3.8) is 0 Å². The summed E-state index contributed by atoms with van der Waals surface area (Å²) in [5, 5.41) is 4.77. The predicted octanol–water partition coefficient (Wildman–Crippen LogP) is 7.59. The molecule has 2 amide bonds. The summed E-state index contributed by atoms with van der Waals surface area (Å²) in [7, 11) is 0. The Morgan fingerprint density at radius 1 is 0.976 bits per heavy atom. The highest BCUT2D eigenvalue weighted by molar-refractivity contribution is 6.30. The van der Waals surface area contributed by atoms with Gasteiger partial charge in [-0.05, 0) is 105 Å². The lowest BCUT2D eigenvalue weighted by Crippen LogP contribution is -2.48. The van der Waals surface area contributed by atoms with E-state index in [-0.39, 0.29) is 23.9 Å². The van der Waals surface area contributed by atoms with E-state index in [4.69, 9.17) is 16.3 Å². The Morgan fingerprint density at radius 2 is 1.63 bits per heavy atom. The van der Waals surface area contributed by atoms with Crippen molar-refractivity contribution in [2.24, 2.45) is 0 Å². The summed E-state index contributed by atoms with van der Waals surface area (Å²) >= 11 is 6.11. The van der Waals surface area contributed by atoms with Crippen LogP contribution in [0.25, 0.3) is 22.0 Å². The fraction of sp³-hybridized carbons (Fsp3) is 0.333. The molecule has 0 aliphatic carbocycles. The van der Waals surface area contributed by atoms with Gasteiger partial charge in [0.2, 0.25) is 0 Å². The average molecular weight is 576 g/mol. The molecule has 0 spiro atoms. The van der Waals surface area contributed by atoms with E-state index >= 15 is 0 Å². The van der Waals surface area contributed by atoms with E-state index < -0.39 is 5.60 Å². The van der Waals surface area contributed by atoms with Crippen molar-refractivity contribution in [2.75, 3.05) is 13.1 Å². The zero-order valence-electron chi connectivity index (χ0n) is 23.8. The van der Waals surface area contributed by atoms with Crippen LogP contribution in [0.4, 0.5) is 9.18 Å². The van der Waals surface area contributed by atoms with Gasteiger partial charge in [-0.15, -0.1) is 0 Å². The maximum absolute atomic E-state index is 13.9. The summed E-state index contributed by atoms with van der Waals surface area (Å²) < 4.78 is 21.4. The first-order valence-corrected chi connectivity index (χ1v) is 14.3. The van der Waals surface area contributed by atoms with Gasteiger partial charge in [-0.3, -0.25) is 4.79 Å². The second-order valence-corrected chi connectivity index (χ2v) is 12.1. The second kappa shape index (κ2) is 11.6. The minimum absolute atomic E-state index is 0.0547. The first-order chi connectivity index (χ1) is 19.5. The maximum atomic E-state index is 13.9. The van der Waals surface area contributed by atoms with Gasteiger partial charge in [0.05, 0.1) is 0 Å². The van der Waals surface area contributed by atoms with Crippen molar-refractivity contribution in [3.05, 3.63) is 94.4 Å². The van der Waals surface area contributed by atoms with E-state index in [1.165, 1.54) is 6.07 Å². The number of carbonyl (C=O) groups excluding carboxylic acids is 2. The van der Waals surface area contributed by atoms with Gasteiger partial charge in [-0.25, -0.2) is 9.18 Å². The van der Waals surface area contributed by atoms with Crippen LogP contribution >= 0.6 is 11.6 Å². The van der Waals surface area contributed by atoms with E-state index in [0.29, 0.717) is 48.8 Å². The number of rotatable bonds is 5. The summed E-state index contributed by atoms with van der Waals surface area (Å²) in [6.45, 7) is 8.85. The van der Waals surface area contributed by atoms with Crippen LogP contribution in [0.1, 0.15) is 55.2 Å². The summed E-state index contributed by atoms with van der Waals surface area (Å²) in [5.41, 5.74) is 4.40. The third-order valence-electron chi connectivity index (χ3n) is 7.36. The number of ether oxygens (including phenoxy) is 1. The molecule has 0 radical (unpaired) electrons. The number of halogens is 2. The first kappa shape index (κ1) is 28.7. The molecule has 8 heteroatoms. The van der Waals surface area contributed by atoms with Crippen LogP contribution in [-0.4, -0.2) is 46.2 Å². The van der Waals surface area contributed by atoms with E-state index in [0.717, 1.165) is 27.6 Å². The lowest BCUT2D eigenvalue weighted by atomic mass is 10.0. The van der Waals surface area contributed by atoms with Crippen LogP contribution in [0.3, 0.4) is 0 Å². The SMILES string of the molecule is Cc1cc(-c2ccc3c(c2)cc(C(=O)NC2CCN(C(=O)OC(C)(C)C)CC2)n3Cc2ccc(Cl)cc2)ccc1F. The van der Waals surface area contributed by atoms with Crippen LogP contribution in [0.15, 0.2) is 66.7 Å². The smallest absolute Gasteiger partial charge is 0.410 e. The van der Waals surface area contributed by atoms with Gasteiger partial charge < -0.3 is 19.5 Å². The maximum Gasteiger partial charge on any atom is 0.410 e. The number of aryl methyl sites for hydroxylation is 1. The fourth-order valence-corrected chi connectivity index (χ4v) is 5.32. The van der Waals surface area contributed by atoms with Crippen molar-refractivity contribution < 1.29 is 18.7 Å². The van der Waals surface area contributed by atoms with Crippen LogP contribution in [-0.2, 0) is 11.3 Å². The molecule has 0 saturated carbocycles. The van der Waals surface area contributed by atoms with E-state index in [9.17, 15) is 14.0 Å². The number of hydrogen-bond acceptors (Lipinski definition) is 3. The monoisotopic (exact) mass is 575 g/mol. The van der Waals surface area contributed by atoms with Crippen molar-refractivity contribution in [3.8, 4) is 11.1 Å². The molecule has 4 aromatic rings. The minimum Gasteiger partial charge on any atom is -0.444 e. The van der Waals surface area contributed by atoms with Crippen LogP contribution in [0.5, 0.6) is 0 Å². The standard InChI is InChI=1S/C33H35ClFN3O3/c1-21-17-23(7-11-28(21)35)24-8-12-29-25(18-24)19-30(38(29)20-22-5-9-26(34)10-6-22)31(39)36-27-13-15-37(16-14-27)32(40)41-33(2,3)4/h5-12,17-19,27H,13-16,20H2,1-4H3,(H,36,39). The van der Waals surface area contributed by atoms with E-state index in [2.05, 4.69) is 5.32 Å². The molecule has 0 bridgehead atoms. The molecule has 1 aliphatic rings. The van der Waals surface area contributed by atoms with Crippen molar-refractivity contribution in [2.45, 2.75) is 58.7 Å². The van der Waals surface area contributed by atoms with Crippen LogP contribution in [0.2, 0.25) is 5.02 Å². The number of carbonyl (C=O) groups is 2. The molecule has 3 aromatic carbocycles. The third-order valence-corrected chi connectivity index (χ3v) is 7.61. The Balaban J connectivity index is 1.40. The normalized spacial score (nSPS) is 14.3. The molecule has 0 unspecified atom stereocenters. The van der Waals surface area contributed by atoms with Gasteiger partial charge in [0.25, 0.3) is 5.91 Å². The number of likely N-dealkylation sites (tertiary alicyclic amines) is 1. The van der Waals surface area contributed by atoms with Crippen LogP contribution in [0, 0.1) is 12.7 Å². The number of hydrogen-bond donors (Lipinski definition) is 1. The van der Waals surface area contributed by atoms with Crippen LogP contribution < -0.4 is 5.32 Å². The number of aromatic nitrogens is 1. The van der Waals surface area contributed by atoms with Gasteiger partial charge in [-0.1, -0.05) is 35.9 Å². The second-order valence-electron chi connectivity index (χ2n) is 11.7. The Kier molecular flexibility index (Phi) is 8.09. The van der Waals surface area contributed by atoms with Gasteiger partial charge in [0.15, 0.2) is 0 Å². The van der Waals surface area contributed by atoms with Gasteiger partial charge in [0.1, 0.15) is 17.1 Å². The summed E-state index contributed by atoms with van der Waals surface area (Å²) in [6, 6.07) is 20.6. The Bertz CT molecular complexity index is 1580. The molecular formula is C33H35ClFN3O3. The zero-order chi connectivity index (χ0) is 29.3. The Morgan fingerprint density at radius 3 is 2.29 bits per heavy atom. The fourth-order valence-electron chi connectivity index (χ4n) is 5.20. The molecule has 41 heavy (non-hydrogen) atoms. The summed E-state index contributed by atoms with van der Waals surface area (Å²) in [6.07, 6.45) is 0.977. The Hall–Kier alpha value is -3.84. The average Bonchev–Trinajstić information content (AvgIpc) is 3.28. The van der Waals surface area contributed by atoms with E-state index in [1.54, 1.807) is 17.9 Å². The number of nitrogens with zero attached hydrogens (tertiary/aromatic N) is 2. The lowest BCUT2D eigenvalue weighted by Gasteiger charge is -2.33. The molecule has 1 aliphatic heterocycles. The molecule has 0 atom stereocenters.